The van der Waals surface area contributed by atoms with Crippen molar-refractivity contribution in [1.29, 1.82) is 0 Å². The highest BCUT2D eigenvalue weighted by atomic mass is 16.5. The number of anilines is 2. The van der Waals surface area contributed by atoms with Crippen molar-refractivity contribution in [3.63, 3.8) is 0 Å². The van der Waals surface area contributed by atoms with E-state index in [2.05, 4.69) is 43.8 Å². The summed E-state index contributed by atoms with van der Waals surface area (Å²) in [5.74, 6) is 3.02. The van der Waals surface area contributed by atoms with Crippen LogP contribution in [0.2, 0.25) is 0 Å². The van der Waals surface area contributed by atoms with Gasteiger partial charge in [0, 0.05) is 42.7 Å². The van der Waals surface area contributed by atoms with Crippen LogP contribution in [-0.2, 0) is 13.5 Å². The third-order valence-corrected chi connectivity index (χ3v) is 5.52. The maximum absolute atomic E-state index is 6.05. The van der Waals surface area contributed by atoms with Crippen molar-refractivity contribution < 1.29 is 4.74 Å². The average molecular weight is 419 g/mol. The van der Waals surface area contributed by atoms with E-state index in [1.807, 2.05) is 47.6 Å². The standard InChI is InChI=1S/C22H26N8O/c1-4-16-10-20(26-14(2)25-16)27-21-11-18-9-15(6-8-30(18)28-21)22-19(12-24-29(22)3)31-13-17-5-7-23-17/h6,8-12,17,23H,4-5,7,13H2,1-3H3,(H,25,26,27,28)/t17-/m0/s1. The topological polar surface area (TPSA) is 94.2 Å². The summed E-state index contributed by atoms with van der Waals surface area (Å²) in [5.41, 5.74) is 3.95. The summed E-state index contributed by atoms with van der Waals surface area (Å²) in [6, 6.07) is 8.50. The molecule has 4 aromatic heterocycles. The number of hydrogen-bond acceptors (Lipinski definition) is 7. The molecule has 0 spiro atoms. The average Bonchev–Trinajstić information content (AvgIpc) is 3.28. The second-order valence-corrected chi connectivity index (χ2v) is 7.82. The van der Waals surface area contributed by atoms with Crippen LogP contribution >= 0.6 is 0 Å². The minimum atomic E-state index is 0.428. The lowest BCUT2D eigenvalue weighted by Gasteiger charge is -2.27. The molecule has 1 atom stereocenters. The molecule has 1 aliphatic rings. The Morgan fingerprint density at radius 3 is 2.87 bits per heavy atom. The molecule has 9 nitrogen and oxygen atoms in total. The quantitative estimate of drug-likeness (QED) is 0.477. The molecule has 5 heterocycles. The van der Waals surface area contributed by atoms with Crippen molar-refractivity contribution >= 4 is 17.2 Å². The molecule has 1 fully saturated rings. The first-order valence-electron chi connectivity index (χ1n) is 10.6. The molecule has 0 aromatic carbocycles. The molecule has 5 rings (SSSR count). The summed E-state index contributed by atoms with van der Waals surface area (Å²) < 4.78 is 9.74. The second kappa shape index (κ2) is 7.99. The van der Waals surface area contributed by atoms with E-state index in [1.165, 1.54) is 0 Å². The Bertz CT molecular complexity index is 1220. The first-order valence-corrected chi connectivity index (χ1v) is 10.6. The van der Waals surface area contributed by atoms with Crippen LogP contribution in [0.3, 0.4) is 0 Å². The van der Waals surface area contributed by atoms with Gasteiger partial charge in [0.25, 0.3) is 0 Å². The fourth-order valence-electron chi connectivity index (χ4n) is 3.74. The molecule has 0 bridgehead atoms. The summed E-state index contributed by atoms with van der Waals surface area (Å²) >= 11 is 0. The van der Waals surface area contributed by atoms with Gasteiger partial charge < -0.3 is 15.4 Å². The zero-order valence-electron chi connectivity index (χ0n) is 18.0. The van der Waals surface area contributed by atoms with Gasteiger partial charge in [0.1, 0.15) is 23.9 Å². The summed E-state index contributed by atoms with van der Waals surface area (Å²) in [4.78, 5) is 8.90. The molecule has 0 unspecified atom stereocenters. The summed E-state index contributed by atoms with van der Waals surface area (Å²) in [5, 5.41) is 15.7. The molecule has 4 aromatic rings. The normalized spacial score (nSPS) is 15.8. The Kier molecular flexibility index (Phi) is 5.03. The van der Waals surface area contributed by atoms with Crippen molar-refractivity contribution in [2.24, 2.45) is 7.05 Å². The maximum Gasteiger partial charge on any atom is 0.165 e. The highest BCUT2D eigenvalue weighted by Crippen LogP contribution is 2.31. The number of nitrogens with zero attached hydrogens (tertiary/aromatic N) is 6. The van der Waals surface area contributed by atoms with E-state index in [4.69, 9.17) is 4.74 Å². The summed E-state index contributed by atoms with van der Waals surface area (Å²) in [6.07, 6.45) is 5.74. The van der Waals surface area contributed by atoms with Crippen molar-refractivity contribution in [3.05, 3.63) is 48.2 Å². The van der Waals surface area contributed by atoms with Gasteiger partial charge >= 0.3 is 0 Å². The second-order valence-electron chi connectivity index (χ2n) is 7.82. The van der Waals surface area contributed by atoms with E-state index in [9.17, 15) is 0 Å². The van der Waals surface area contributed by atoms with Crippen molar-refractivity contribution in [3.8, 4) is 17.0 Å². The van der Waals surface area contributed by atoms with Crippen molar-refractivity contribution in [1.82, 2.24) is 34.7 Å². The number of rotatable bonds is 7. The predicted octanol–water partition coefficient (Wildman–Crippen LogP) is 2.88. The number of hydrogen-bond donors (Lipinski definition) is 2. The molecule has 160 valence electrons. The van der Waals surface area contributed by atoms with Gasteiger partial charge in [0.2, 0.25) is 0 Å². The minimum absolute atomic E-state index is 0.428. The third kappa shape index (κ3) is 3.96. The number of pyridine rings is 1. The van der Waals surface area contributed by atoms with E-state index in [0.717, 1.165) is 65.1 Å². The number of ether oxygens (including phenoxy) is 1. The van der Waals surface area contributed by atoms with E-state index in [-0.39, 0.29) is 0 Å². The van der Waals surface area contributed by atoms with Crippen LogP contribution in [0.5, 0.6) is 5.75 Å². The Hall–Kier alpha value is -3.46. The molecular weight excluding hydrogens is 392 g/mol. The van der Waals surface area contributed by atoms with Crippen LogP contribution < -0.4 is 15.4 Å². The number of fused-ring (bicyclic) bond motifs is 1. The van der Waals surface area contributed by atoms with Gasteiger partial charge in [-0.15, -0.1) is 0 Å². The Balaban J connectivity index is 1.41. The SMILES string of the molecule is CCc1cc(Nc2cc3cc(-c4c(OC[C@@H]5CCN5)cnn4C)ccn3n2)nc(C)n1. The van der Waals surface area contributed by atoms with E-state index < -0.39 is 0 Å². The highest BCUT2D eigenvalue weighted by Gasteiger charge is 2.19. The number of aryl methyl sites for hydroxylation is 3. The molecular formula is C22H26N8O. The molecule has 1 saturated heterocycles. The summed E-state index contributed by atoms with van der Waals surface area (Å²) in [6.45, 7) is 5.70. The third-order valence-electron chi connectivity index (χ3n) is 5.52. The molecule has 0 aliphatic carbocycles. The first-order chi connectivity index (χ1) is 15.1. The zero-order chi connectivity index (χ0) is 21.4. The lowest BCUT2D eigenvalue weighted by molar-refractivity contribution is 0.218. The van der Waals surface area contributed by atoms with Crippen LogP contribution in [0.4, 0.5) is 11.6 Å². The van der Waals surface area contributed by atoms with Crippen LogP contribution in [0.25, 0.3) is 16.8 Å². The monoisotopic (exact) mass is 418 g/mol. The zero-order valence-corrected chi connectivity index (χ0v) is 18.0. The van der Waals surface area contributed by atoms with Gasteiger partial charge in [-0.25, -0.2) is 14.5 Å². The molecule has 31 heavy (non-hydrogen) atoms. The van der Waals surface area contributed by atoms with Gasteiger partial charge in [-0.3, -0.25) is 4.68 Å². The Labute approximate surface area is 180 Å². The Morgan fingerprint density at radius 1 is 1.23 bits per heavy atom. The van der Waals surface area contributed by atoms with Gasteiger partial charge in [0.05, 0.1) is 11.7 Å². The highest BCUT2D eigenvalue weighted by molar-refractivity contribution is 5.72. The van der Waals surface area contributed by atoms with E-state index >= 15 is 0 Å². The van der Waals surface area contributed by atoms with Gasteiger partial charge in [0.15, 0.2) is 11.6 Å². The van der Waals surface area contributed by atoms with Crippen molar-refractivity contribution in [2.45, 2.75) is 32.7 Å². The van der Waals surface area contributed by atoms with Gasteiger partial charge in [-0.2, -0.15) is 10.2 Å². The predicted molar refractivity (Wildman–Crippen MR) is 119 cm³/mol. The smallest absolute Gasteiger partial charge is 0.165 e. The molecule has 1 aliphatic heterocycles. The largest absolute Gasteiger partial charge is 0.488 e. The fraction of sp³-hybridized carbons (Fsp3) is 0.364. The summed E-state index contributed by atoms with van der Waals surface area (Å²) in [7, 11) is 1.93. The molecule has 0 amide bonds. The van der Waals surface area contributed by atoms with E-state index in [0.29, 0.717) is 12.6 Å². The molecule has 9 heteroatoms. The molecule has 2 N–H and O–H groups in total. The molecule has 0 saturated carbocycles. The number of aromatic nitrogens is 6. The maximum atomic E-state index is 6.05. The van der Waals surface area contributed by atoms with Crippen LogP contribution in [0.1, 0.15) is 24.9 Å². The van der Waals surface area contributed by atoms with Crippen LogP contribution in [-0.4, -0.2) is 48.6 Å². The first kappa shape index (κ1) is 19.5. The molecule has 0 radical (unpaired) electrons. The Morgan fingerprint density at radius 2 is 2.10 bits per heavy atom. The lowest BCUT2D eigenvalue weighted by atomic mass is 10.1. The minimum Gasteiger partial charge on any atom is -0.488 e. The van der Waals surface area contributed by atoms with Gasteiger partial charge in [-0.1, -0.05) is 6.92 Å². The number of nitrogens with one attached hydrogen (secondary N) is 2. The van der Waals surface area contributed by atoms with Crippen LogP contribution in [0.15, 0.2) is 36.7 Å². The van der Waals surface area contributed by atoms with Crippen LogP contribution in [0, 0.1) is 6.92 Å². The lowest BCUT2D eigenvalue weighted by Crippen LogP contribution is -2.46. The van der Waals surface area contributed by atoms with Crippen molar-refractivity contribution in [2.75, 3.05) is 18.5 Å². The van der Waals surface area contributed by atoms with E-state index in [1.54, 1.807) is 6.20 Å². The van der Waals surface area contributed by atoms with Gasteiger partial charge in [-0.05, 0) is 38.4 Å². The fourth-order valence-corrected chi connectivity index (χ4v) is 3.74.